The molecule has 7 heteroatoms. The van der Waals surface area contributed by atoms with Crippen molar-refractivity contribution in [2.45, 2.75) is 26.2 Å². The van der Waals surface area contributed by atoms with Gasteiger partial charge in [-0.1, -0.05) is 66.2 Å². The summed E-state index contributed by atoms with van der Waals surface area (Å²) in [6.07, 6.45) is -4.54. The molecule has 1 N–H and O–H groups in total. The molecule has 0 spiro atoms. The Balaban J connectivity index is 1.85. The van der Waals surface area contributed by atoms with Crippen molar-refractivity contribution in [1.82, 2.24) is 4.90 Å². The largest absolute Gasteiger partial charge is 0.417 e. The highest BCUT2D eigenvalue weighted by Crippen LogP contribution is 2.36. The minimum absolute atomic E-state index is 0.236. The van der Waals surface area contributed by atoms with E-state index in [1.54, 1.807) is 0 Å². The molecule has 3 aromatic carbocycles. The van der Waals surface area contributed by atoms with Gasteiger partial charge in [-0.25, -0.2) is 0 Å². The lowest BCUT2D eigenvalue weighted by atomic mass is 10.1. The normalized spacial score (nSPS) is 11.2. The highest BCUT2D eigenvalue weighted by Gasteiger charge is 2.33. The van der Waals surface area contributed by atoms with E-state index >= 15 is 0 Å². The third kappa shape index (κ3) is 5.74. The number of nitrogens with one attached hydrogen (secondary N) is 1. The second-order valence-electron chi connectivity index (χ2n) is 6.89. The molecule has 30 heavy (non-hydrogen) atoms. The van der Waals surface area contributed by atoms with E-state index < -0.39 is 11.7 Å². The lowest BCUT2D eigenvalue weighted by molar-refractivity contribution is -0.137. The number of hydrogen-bond donors (Lipinski definition) is 1. The first kappa shape index (κ1) is 22.1. The van der Waals surface area contributed by atoms with Crippen LogP contribution in [0.25, 0.3) is 0 Å². The molecule has 0 amide bonds. The molecule has 0 aliphatic rings. The van der Waals surface area contributed by atoms with E-state index in [0.717, 1.165) is 22.8 Å². The fourth-order valence-corrected chi connectivity index (χ4v) is 3.49. The Labute approximate surface area is 184 Å². The van der Waals surface area contributed by atoms with Gasteiger partial charge in [-0.2, -0.15) is 13.2 Å². The molecule has 0 aliphatic heterocycles. The fourth-order valence-electron chi connectivity index (χ4n) is 3.02. The molecule has 0 bridgehead atoms. The van der Waals surface area contributed by atoms with Crippen LogP contribution in [0.4, 0.5) is 18.9 Å². The zero-order valence-corrected chi connectivity index (χ0v) is 17.8. The summed E-state index contributed by atoms with van der Waals surface area (Å²) in [4.78, 5) is 1.93. The smallest absolute Gasteiger partial charge is 0.340 e. The Morgan fingerprint density at radius 2 is 1.63 bits per heavy atom. The van der Waals surface area contributed by atoms with Crippen LogP contribution in [0.15, 0.2) is 72.8 Å². The predicted octanol–water partition coefficient (Wildman–Crippen LogP) is 7.07. The standard InChI is InChI=1S/C23H20ClF3N2S/c1-16-7-5-6-10-18(16)15-29(14-17-8-3-2-4-9-17)22(30)28-19-11-12-21(24)20(13-19)23(25,26)27/h2-13H,14-15H2,1H3,(H,28,30). The second kappa shape index (κ2) is 9.49. The van der Waals surface area contributed by atoms with Crippen molar-refractivity contribution in [1.29, 1.82) is 0 Å². The molecule has 0 unspecified atom stereocenters. The SMILES string of the molecule is Cc1ccccc1CN(Cc1ccccc1)C(=S)Nc1ccc(Cl)c(C(F)(F)F)c1. The second-order valence-corrected chi connectivity index (χ2v) is 7.68. The minimum Gasteiger partial charge on any atom is -0.340 e. The number of nitrogens with zero attached hydrogens (tertiary/aromatic N) is 1. The van der Waals surface area contributed by atoms with Gasteiger partial charge in [-0.15, -0.1) is 0 Å². The van der Waals surface area contributed by atoms with Gasteiger partial charge in [0.15, 0.2) is 5.11 Å². The minimum atomic E-state index is -4.54. The van der Waals surface area contributed by atoms with E-state index in [1.807, 2.05) is 66.4 Å². The molecule has 0 atom stereocenters. The van der Waals surface area contributed by atoms with Crippen molar-refractivity contribution >= 4 is 34.6 Å². The Bertz CT molecular complexity index is 1020. The number of rotatable bonds is 5. The summed E-state index contributed by atoms with van der Waals surface area (Å²) in [7, 11) is 0. The Morgan fingerprint density at radius 1 is 0.967 bits per heavy atom. The third-order valence-corrected chi connectivity index (χ3v) is 5.34. The lowest BCUT2D eigenvalue weighted by Crippen LogP contribution is -2.34. The molecule has 0 heterocycles. The molecule has 0 fully saturated rings. The molecular weight excluding hydrogens is 429 g/mol. The van der Waals surface area contributed by atoms with E-state index in [1.165, 1.54) is 12.1 Å². The number of thiocarbonyl (C=S) groups is 1. The summed E-state index contributed by atoms with van der Waals surface area (Å²) >= 11 is 11.3. The molecule has 0 saturated heterocycles. The van der Waals surface area contributed by atoms with Gasteiger partial charge >= 0.3 is 6.18 Å². The molecule has 0 aliphatic carbocycles. The number of anilines is 1. The first-order chi connectivity index (χ1) is 14.2. The molecule has 0 saturated carbocycles. The van der Waals surface area contributed by atoms with Gasteiger partial charge in [0.2, 0.25) is 0 Å². The highest BCUT2D eigenvalue weighted by molar-refractivity contribution is 7.80. The van der Waals surface area contributed by atoms with E-state index in [0.29, 0.717) is 18.2 Å². The summed E-state index contributed by atoms with van der Waals surface area (Å²) in [5, 5.41) is 2.92. The third-order valence-electron chi connectivity index (χ3n) is 4.65. The van der Waals surface area contributed by atoms with Crippen LogP contribution in [0, 0.1) is 6.92 Å². The van der Waals surface area contributed by atoms with Gasteiger partial charge in [-0.3, -0.25) is 0 Å². The Morgan fingerprint density at radius 3 is 2.30 bits per heavy atom. The monoisotopic (exact) mass is 448 g/mol. The molecule has 0 radical (unpaired) electrons. The molecule has 156 valence electrons. The summed E-state index contributed by atoms with van der Waals surface area (Å²) in [6.45, 7) is 3.05. The first-order valence-electron chi connectivity index (χ1n) is 9.25. The molecular formula is C23H20ClF3N2S. The maximum absolute atomic E-state index is 13.2. The van der Waals surface area contributed by atoms with Crippen molar-refractivity contribution in [3.05, 3.63) is 100 Å². The number of hydrogen-bond acceptors (Lipinski definition) is 1. The average Bonchev–Trinajstić information content (AvgIpc) is 2.70. The van der Waals surface area contributed by atoms with Crippen molar-refractivity contribution < 1.29 is 13.2 Å². The summed E-state index contributed by atoms with van der Waals surface area (Å²) in [5.74, 6) is 0. The van der Waals surface area contributed by atoms with E-state index in [9.17, 15) is 13.2 Å². The van der Waals surface area contributed by atoms with Crippen molar-refractivity contribution in [2.24, 2.45) is 0 Å². The predicted molar refractivity (Wildman–Crippen MR) is 120 cm³/mol. The van der Waals surface area contributed by atoms with E-state index in [-0.39, 0.29) is 10.7 Å². The van der Waals surface area contributed by atoms with Gasteiger partial charge < -0.3 is 10.2 Å². The van der Waals surface area contributed by atoms with Gasteiger partial charge in [0.05, 0.1) is 10.6 Å². The van der Waals surface area contributed by atoms with Crippen molar-refractivity contribution in [3.63, 3.8) is 0 Å². The van der Waals surface area contributed by atoms with Crippen LogP contribution >= 0.6 is 23.8 Å². The number of benzene rings is 3. The molecule has 0 aromatic heterocycles. The molecule has 3 aromatic rings. The zero-order valence-electron chi connectivity index (χ0n) is 16.2. The summed E-state index contributed by atoms with van der Waals surface area (Å²) in [6, 6.07) is 21.4. The Hall–Kier alpha value is -2.57. The lowest BCUT2D eigenvalue weighted by Gasteiger charge is -2.27. The zero-order chi connectivity index (χ0) is 21.7. The van der Waals surface area contributed by atoms with Crippen LogP contribution < -0.4 is 5.32 Å². The van der Waals surface area contributed by atoms with Gasteiger partial charge in [0, 0.05) is 18.8 Å². The number of aryl methyl sites for hydroxylation is 1. The van der Waals surface area contributed by atoms with Crippen LogP contribution in [-0.2, 0) is 19.3 Å². The molecule has 2 nitrogen and oxygen atoms in total. The maximum Gasteiger partial charge on any atom is 0.417 e. The topological polar surface area (TPSA) is 15.3 Å². The van der Waals surface area contributed by atoms with Gasteiger partial charge in [0.1, 0.15) is 0 Å². The Kier molecular flexibility index (Phi) is 7.00. The van der Waals surface area contributed by atoms with E-state index in [4.69, 9.17) is 23.8 Å². The van der Waals surface area contributed by atoms with Crippen molar-refractivity contribution in [2.75, 3.05) is 5.32 Å². The fraction of sp³-hybridized carbons (Fsp3) is 0.174. The number of halogens is 4. The van der Waals surface area contributed by atoms with Crippen LogP contribution in [0.3, 0.4) is 0 Å². The maximum atomic E-state index is 13.2. The quantitative estimate of drug-likeness (QED) is 0.420. The summed E-state index contributed by atoms with van der Waals surface area (Å²) in [5.41, 5.74) is 2.58. The van der Waals surface area contributed by atoms with Crippen molar-refractivity contribution in [3.8, 4) is 0 Å². The van der Waals surface area contributed by atoms with Crippen LogP contribution in [0.1, 0.15) is 22.3 Å². The number of alkyl halides is 3. The molecule has 3 rings (SSSR count). The van der Waals surface area contributed by atoms with Crippen LogP contribution in [0.2, 0.25) is 5.02 Å². The van der Waals surface area contributed by atoms with Crippen LogP contribution in [-0.4, -0.2) is 10.0 Å². The average molecular weight is 449 g/mol. The van der Waals surface area contributed by atoms with Gasteiger partial charge in [-0.05, 0) is 54.0 Å². The summed E-state index contributed by atoms with van der Waals surface area (Å²) < 4.78 is 39.6. The van der Waals surface area contributed by atoms with E-state index in [2.05, 4.69) is 5.32 Å². The van der Waals surface area contributed by atoms with Crippen LogP contribution in [0.5, 0.6) is 0 Å². The first-order valence-corrected chi connectivity index (χ1v) is 10.0. The highest BCUT2D eigenvalue weighted by atomic mass is 35.5. The van der Waals surface area contributed by atoms with Gasteiger partial charge in [0.25, 0.3) is 0 Å².